The first-order valence-electron chi connectivity index (χ1n) is 7.37. The van der Waals surface area contributed by atoms with Gasteiger partial charge in [0, 0.05) is 23.2 Å². The first kappa shape index (κ1) is 11.4. The van der Waals surface area contributed by atoms with E-state index in [-0.39, 0.29) is 0 Å². The molecule has 2 nitrogen and oxygen atoms in total. The molecule has 3 heteroatoms. The molecule has 4 aliphatic carbocycles. The summed E-state index contributed by atoms with van der Waals surface area (Å²) in [4.78, 5) is 5.77. The van der Waals surface area contributed by atoms with Crippen LogP contribution in [0.5, 0.6) is 0 Å². The lowest BCUT2D eigenvalue weighted by atomic mass is 9.53. The lowest BCUT2D eigenvalue weighted by molar-refractivity contribution is -0.0204. The third-order valence-electron chi connectivity index (χ3n) is 5.35. The highest BCUT2D eigenvalue weighted by molar-refractivity contribution is 7.11. The summed E-state index contributed by atoms with van der Waals surface area (Å²) >= 11 is 1.84. The highest BCUT2D eigenvalue weighted by Gasteiger charge is 2.50. The predicted octanol–water partition coefficient (Wildman–Crippen LogP) is 3.51. The summed E-state index contributed by atoms with van der Waals surface area (Å²) in [7, 11) is 0. The van der Waals surface area contributed by atoms with E-state index >= 15 is 0 Å². The van der Waals surface area contributed by atoms with E-state index in [4.69, 9.17) is 0 Å². The maximum atomic E-state index is 4.36. The van der Waals surface area contributed by atoms with Crippen LogP contribution in [0.4, 0.5) is 0 Å². The summed E-state index contributed by atoms with van der Waals surface area (Å²) in [6, 6.07) is 0. The Hall–Kier alpha value is -0.410. The third-order valence-corrected chi connectivity index (χ3v) is 6.26. The molecule has 18 heavy (non-hydrogen) atoms. The SMILES string of the molecule is Cc1ncc(CNC23CC4CC(CC(C4)C2)C3)s1. The van der Waals surface area contributed by atoms with Crippen molar-refractivity contribution in [3.05, 3.63) is 16.1 Å². The van der Waals surface area contributed by atoms with Gasteiger partial charge in [0.15, 0.2) is 0 Å². The van der Waals surface area contributed by atoms with E-state index < -0.39 is 0 Å². The number of aromatic nitrogens is 1. The Morgan fingerprint density at radius 2 is 1.83 bits per heavy atom. The Kier molecular flexibility index (Phi) is 2.56. The summed E-state index contributed by atoms with van der Waals surface area (Å²) < 4.78 is 0. The first-order valence-corrected chi connectivity index (χ1v) is 8.19. The fraction of sp³-hybridized carbons (Fsp3) is 0.800. The zero-order chi connectivity index (χ0) is 12.2. The molecule has 0 atom stereocenters. The Morgan fingerprint density at radius 3 is 2.33 bits per heavy atom. The maximum absolute atomic E-state index is 4.36. The Balaban J connectivity index is 1.47. The summed E-state index contributed by atoms with van der Waals surface area (Å²) in [5.41, 5.74) is 0.493. The minimum absolute atomic E-state index is 0.493. The molecule has 0 saturated heterocycles. The van der Waals surface area contributed by atoms with Crippen LogP contribution < -0.4 is 5.32 Å². The van der Waals surface area contributed by atoms with Crippen molar-refractivity contribution in [1.82, 2.24) is 10.3 Å². The van der Waals surface area contributed by atoms with E-state index in [0.29, 0.717) is 5.54 Å². The molecule has 0 radical (unpaired) electrons. The Bertz CT molecular complexity index is 416. The molecule has 1 aromatic rings. The van der Waals surface area contributed by atoms with Gasteiger partial charge in [-0.3, -0.25) is 0 Å². The van der Waals surface area contributed by atoms with E-state index in [2.05, 4.69) is 17.2 Å². The number of hydrogen-bond donors (Lipinski definition) is 1. The minimum atomic E-state index is 0.493. The van der Waals surface area contributed by atoms with Gasteiger partial charge in [-0.05, 0) is 63.2 Å². The predicted molar refractivity (Wildman–Crippen MR) is 74.6 cm³/mol. The quantitative estimate of drug-likeness (QED) is 0.901. The van der Waals surface area contributed by atoms with Crippen molar-refractivity contribution in [1.29, 1.82) is 0 Å². The molecule has 98 valence electrons. The molecule has 0 amide bonds. The van der Waals surface area contributed by atoms with Crippen LogP contribution in [0.3, 0.4) is 0 Å². The molecule has 4 saturated carbocycles. The molecule has 1 N–H and O–H groups in total. The van der Waals surface area contributed by atoms with E-state index in [0.717, 1.165) is 24.3 Å². The van der Waals surface area contributed by atoms with Gasteiger partial charge < -0.3 is 5.32 Å². The fourth-order valence-electron chi connectivity index (χ4n) is 5.09. The van der Waals surface area contributed by atoms with E-state index in [9.17, 15) is 0 Å². The molecule has 0 spiro atoms. The van der Waals surface area contributed by atoms with Crippen LogP contribution in [0.15, 0.2) is 6.20 Å². The van der Waals surface area contributed by atoms with Crippen molar-refractivity contribution in [3.8, 4) is 0 Å². The van der Waals surface area contributed by atoms with Crippen LogP contribution in [0, 0.1) is 24.7 Å². The summed E-state index contributed by atoms with van der Waals surface area (Å²) in [5, 5.41) is 5.12. The molecule has 5 rings (SSSR count). The second-order valence-corrected chi connectivity index (χ2v) is 8.22. The second-order valence-electron chi connectivity index (χ2n) is 6.90. The van der Waals surface area contributed by atoms with Crippen molar-refractivity contribution in [2.45, 2.75) is 57.5 Å². The number of rotatable bonds is 3. The molecule has 4 aliphatic rings. The number of nitrogens with one attached hydrogen (secondary N) is 1. The van der Waals surface area contributed by atoms with Crippen molar-refractivity contribution < 1.29 is 0 Å². The monoisotopic (exact) mass is 262 g/mol. The van der Waals surface area contributed by atoms with Crippen molar-refractivity contribution in [2.24, 2.45) is 17.8 Å². The third kappa shape index (κ3) is 1.92. The van der Waals surface area contributed by atoms with Gasteiger partial charge in [0.25, 0.3) is 0 Å². The number of aryl methyl sites for hydroxylation is 1. The molecule has 1 aromatic heterocycles. The molecular weight excluding hydrogens is 240 g/mol. The van der Waals surface area contributed by atoms with Crippen molar-refractivity contribution >= 4 is 11.3 Å². The molecule has 0 aliphatic heterocycles. The smallest absolute Gasteiger partial charge is 0.0897 e. The number of nitrogens with zero attached hydrogens (tertiary/aromatic N) is 1. The second kappa shape index (κ2) is 4.04. The number of thiazole rings is 1. The topological polar surface area (TPSA) is 24.9 Å². The van der Waals surface area contributed by atoms with Gasteiger partial charge in [-0.2, -0.15) is 0 Å². The lowest BCUT2D eigenvalue weighted by Gasteiger charge is -2.57. The average molecular weight is 262 g/mol. The maximum Gasteiger partial charge on any atom is 0.0897 e. The normalized spacial score (nSPS) is 41.5. The highest BCUT2D eigenvalue weighted by atomic mass is 32.1. The molecule has 4 fully saturated rings. The van der Waals surface area contributed by atoms with E-state index in [1.54, 1.807) is 0 Å². The fourth-order valence-corrected chi connectivity index (χ4v) is 5.82. The molecule has 0 aromatic carbocycles. The zero-order valence-corrected chi connectivity index (χ0v) is 11.9. The van der Waals surface area contributed by atoms with Gasteiger partial charge in [0.05, 0.1) is 5.01 Å². The Labute approximate surface area is 113 Å². The van der Waals surface area contributed by atoms with E-state index in [1.807, 2.05) is 17.5 Å². The van der Waals surface area contributed by atoms with Gasteiger partial charge in [-0.25, -0.2) is 4.98 Å². The zero-order valence-electron chi connectivity index (χ0n) is 11.1. The van der Waals surface area contributed by atoms with Crippen LogP contribution in [-0.4, -0.2) is 10.5 Å². The van der Waals surface area contributed by atoms with Gasteiger partial charge in [-0.1, -0.05) is 0 Å². The summed E-state index contributed by atoms with van der Waals surface area (Å²) in [6.07, 6.45) is 11.0. The first-order chi connectivity index (χ1) is 8.71. The van der Waals surface area contributed by atoms with Crippen LogP contribution in [-0.2, 0) is 6.54 Å². The van der Waals surface area contributed by atoms with Gasteiger partial charge in [-0.15, -0.1) is 11.3 Å². The molecule has 1 heterocycles. The van der Waals surface area contributed by atoms with Gasteiger partial charge >= 0.3 is 0 Å². The lowest BCUT2D eigenvalue weighted by Crippen LogP contribution is -2.58. The molecule has 4 bridgehead atoms. The summed E-state index contributed by atoms with van der Waals surface area (Å²) in [5.74, 6) is 3.10. The van der Waals surface area contributed by atoms with Crippen LogP contribution in [0.2, 0.25) is 0 Å². The van der Waals surface area contributed by atoms with E-state index in [1.165, 1.54) is 48.4 Å². The van der Waals surface area contributed by atoms with Gasteiger partial charge in [0.1, 0.15) is 0 Å². The minimum Gasteiger partial charge on any atom is -0.306 e. The number of hydrogen-bond acceptors (Lipinski definition) is 3. The van der Waals surface area contributed by atoms with Crippen LogP contribution >= 0.6 is 11.3 Å². The van der Waals surface area contributed by atoms with Crippen molar-refractivity contribution in [2.75, 3.05) is 0 Å². The van der Waals surface area contributed by atoms with Crippen LogP contribution in [0.1, 0.15) is 48.4 Å². The van der Waals surface area contributed by atoms with Crippen molar-refractivity contribution in [3.63, 3.8) is 0 Å². The largest absolute Gasteiger partial charge is 0.306 e. The molecular formula is C15H22N2S. The Morgan fingerprint density at radius 1 is 1.22 bits per heavy atom. The highest BCUT2D eigenvalue weighted by Crippen LogP contribution is 2.55. The van der Waals surface area contributed by atoms with Crippen LogP contribution in [0.25, 0.3) is 0 Å². The molecule has 0 unspecified atom stereocenters. The van der Waals surface area contributed by atoms with Gasteiger partial charge in [0.2, 0.25) is 0 Å². The standard InChI is InChI=1S/C15H22N2S/c1-10-16-8-14(18-10)9-17-15-5-11-2-12(6-15)4-13(3-11)7-15/h8,11-13,17H,2-7,9H2,1H3. The summed E-state index contributed by atoms with van der Waals surface area (Å²) in [6.45, 7) is 3.14. The average Bonchev–Trinajstić information content (AvgIpc) is 2.71.